The number of carbonyl (C=O) groups excluding carboxylic acids is 2. The molecule has 0 aliphatic carbocycles. The Morgan fingerprint density at radius 2 is 1.63 bits per heavy atom. The van der Waals surface area contributed by atoms with E-state index in [2.05, 4.69) is 61.5 Å². The Bertz CT molecular complexity index is 1800. The van der Waals surface area contributed by atoms with Gasteiger partial charge in [-0.05, 0) is 114 Å². The molecule has 1 saturated heterocycles. The molecule has 52 heavy (non-hydrogen) atoms. The zero-order valence-corrected chi connectivity index (χ0v) is 32.0. The fraction of sp³-hybridized carbons (Fsp3) is 0.400. The number of para-hydroxylation sites is 1. The molecule has 1 fully saturated rings. The van der Waals surface area contributed by atoms with Crippen LogP contribution >= 0.6 is 11.6 Å². The van der Waals surface area contributed by atoms with Crippen molar-refractivity contribution < 1.29 is 14.3 Å². The van der Waals surface area contributed by atoms with Gasteiger partial charge in [-0.1, -0.05) is 35.9 Å². The van der Waals surface area contributed by atoms with Gasteiger partial charge in [-0.25, -0.2) is 4.98 Å². The molecule has 0 spiro atoms. The van der Waals surface area contributed by atoms with Crippen LogP contribution in [0.15, 0.2) is 66.9 Å². The molecule has 11 nitrogen and oxygen atoms in total. The smallest absolute Gasteiger partial charge is 0.262 e. The average molecular weight is 727 g/mol. The molecule has 2 N–H and O–H groups in total. The van der Waals surface area contributed by atoms with E-state index in [0.717, 1.165) is 61.6 Å². The Hall–Kier alpha value is -4.71. The minimum atomic E-state index is -0.418. The second-order valence-electron chi connectivity index (χ2n) is 13.4. The van der Waals surface area contributed by atoms with Gasteiger partial charge in [-0.3, -0.25) is 14.5 Å². The van der Waals surface area contributed by atoms with Gasteiger partial charge in [0.25, 0.3) is 5.91 Å². The highest BCUT2D eigenvalue weighted by Gasteiger charge is 2.21. The number of hydrogen-bond acceptors (Lipinski definition) is 9. The number of halogens is 1. The molecule has 0 atom stereocenters. The predicted molar refractivity (Wildman–Crippen MR) is 211 cm³/mol. The van der Waals surface area contributed by atoms with Crippen molar-refractivity contribution in [1.29, 1.82) is 0 Å². The third-order valence-corrected chi connectivity index (χ3v) is 9.63. The lowest BCUT2D eigenvalue weighted by molar-refractivity contribution is -0.130. The SMILES string of the molecule is CCN(CC)C(=O)Cc1ccc(Oc2nc(Nc3ccc(N4CCN(CCCN(C)C)CC4)cc3)ncc2C(=O)Nc2c(C)cccc2C)c(Cl)c1. The normalized spacial score (nSPS) is 13.3. The van der Waals surface area contributed by atoms with E-state index in [9.17, 15) is 9.59 Å². The molecule has 4 aromatic rings. The second-order valence-corrected chi connectivity index (χ2v) is 13.8. The van der Waals surface area contributed by atoms with Crippen LogP contribution < -0.4 is 20.3 Å². The number of piperazine rings is 1. The lowest BCUT2D eigenvalue weighted by Gasteiger charge is -2.36. The van der Waals surface area contributed by atoms with E-state index in [0.29, 0.717) is 29.5 Å². The number of nitrogens with one attached hydrogen (secondary N) is 2. The van der Waals surface area contributed by atoms with Crippen LogP contribution in [0.1, 0.15) is 47.3 Å². The van der Waals surface area contributed by atoms with Crippen LogP contribution in [-0.4, -0.2) is 103 Å². The number of likely N-dealkylation sites (N-methyl/N-ethyl adjacent to an activating group) is 1. The van der Waals surface area contributed by atoms with Gasteiger partial charge >= 0.3 is 0 Å². The summed E-state index contributed by atoms with van der Waals surface area (Å²) in [5, 5.41) is 6.56. The number of ether oxygens (including phenoxy) is 1. The van der Waals surface area contributed by atoms with Crippen molar-refractivity contribution in [2.75, 3.05) is 82.0 Å². The Morgan fingerprint density at radius 1 is 0.942 bits per heavy atom. The van der Waals surface area contributed by atoms with Crippen molar-refractivity contribution in [2.24, 2.45) is 0 Å². The highest BCUT2D eigenvalue weighted by atomic mass is 35.5. The molecule has 0 saturated carbocycles. The summed E-state index contributed by atoms with van der Waals surface area (Å²) < 4.78 is 6.24. The van der Waals surface area contributed by atoms with Gasteiger partial charge in [0.1, 0.15) is 11.3 Å². The quantitative estimate of drug-likeness (QED) is 0.134. The monoisotopic (exact) mass is 726 g/mol. The van der Waals surface area contributed by atoms with Gasteiger partial charge < -0.3 is 30.1 Å². The fourth-order valence-electron chi connectivity index (χ4n) is 6.28. The third kappa shape index (κ3) is 10.2. The summed E-state index contributed by atoms with van der Waals surface area (Å²) >= 11 is 6.69. The van der Waals surface area contributed by atoms with Crippen LogP contribution in [0, 0.1) is 13.8 Å². The first-order chi connectivity index (χ1) is 25.0. The Labute approximate surface area is 312 Å². The zero-order valence-electron chi connectivity index (χ0n) is 31.2. The van der Waals surface area contributed by atoms with Crippen molar-refractivity contribution in [3.63, 3.8) is 0 Å². The van der Waals surface area contributed by atoms with E-state index in [4.69, 9.17) is 16.3 Å². The van der Waals surface area contributed by atoms with Gasteiger partial charge in [0.05, 0.1) is 11.4 Å². The molecule has 3 aromatic carbocycles. The molecule has 12 heteroatoms. The first kappa shape index (κ1) is 38.5. The second kappa shape index (κ2) is 18.2. The molecule has 1 aliphatic heterocycles. The molecule has 0 bridgehead atoms. The van der Waals surface area contributed by atoms with Gasteiger partial charge in [0, 0.05) is 62.5 Å². The van der Waals surface area contributed by atoms with Gasteiger partial charge in [-0.15, -0.1) is 0 Å². The number of aromatic nitrogens is 2. The zero-order chi connectivity index (χ0) is 37.2. The van der Waals surface area contributed by atoms with E-state index in [1.165, 1.54) is 18.3 Å². The van der Waals surface area contributed by atoms with E-state index < -0.39 is 5.91 Å². The summed E-state index contributed by atoms with van der Waals surface area (Å²) in [7, 11) is 4.24. The molecule has 0 unspecified atom stereocenters. The van der Waals surface area contributed by atoms with Gasteiger partial charge in [0.15, 0.2) is 0 Å². The maximum atomic E-state index is 13.7. The van der Waals surface area contributed by atoms with Crippen molar-refractivity contribution in [2.45, 2.75) is 40.5 Å². The minimum Gasteiger partial charge on any atom is -0.436 e. The maximum Gasteiger partial charge on any atom is 0.262 e. The van der Waals surface area contributed by atoms with Crippen molar-refractivity contribution in [1.82, 2.24) is 24.7 Å². The van der Waals surface area contributed by atoms with Crippen molar-refractivity contribution in [3.05, 3.63) is 94.1 Å². The fourth-order valence-corrected chi connectivity index (χ4v) is 6.52. The summed E-state index contributed by atoms with van der Waals surface area (Å²) in [4.78, 5) is 44.5. The number of carbonyl (C=O) groups is 2. The van der Waals surface area contributed by atoms with Gasteiger partial charge in [0.2, 0.25) is 17.7 Å². The predicted octanol–water partition coefficient (Wildman–Crippen LogP) is 7.02. The van der Waals surface area contributed by atoms with Crippen LogP contribution in [0.2, 0.25) is 5.02 Å². The van der Waals surface area contributed by atoms with E-state index in [1.54, 1.807) is 23.1 Å². The number of aryl methyl sites for hydroxylation is 2. The Kier molecular flexibility index (Phi) is 13.5. The number of amides is 2. The molecule has 2 amide bonds. The number of anilines is 4. The molecular weight excluding hydrogens is 676 g/mol. The molecule has 0 radical (unpaired) electrons. The third-order valence-electron chi connectivity index (χ3n) is 9.33. The highest BCUT2D eigenvalue weighted by molar-refractivity contribution is 6.32. The van der Waals surface area contributed by atoms with Crippen LogP contribution in [0.3, 0.4) is 0 Å². The lowest BCUT2D eigenvalue weighted by atomic mass is 10.1. The van der Waals surface area contributed by atoms with Gasteiger partial charge in [-0.2, -0.15) is 4.98 Å². The number of nitrogens with zero attached hydrogens (tertiary/aromatic N) is 6. The van der Waals surface area contributed by atoms with Crippen LogP contribution in [-0.2, 0) is 11.2 Å². The minimum absolute atomic E-state index is 0.0217. The summed E-state index contributed by atoms with van der Waals surface area (Å²) in [5.74, 6) is 0.200. The largest absolute Gasteiger partial charge is 0.436 e. The van der Waals surface area contributed by atoms with Crippen molar-refractivity contribution >= 4 is 46.4 Å². The number of benzene rings is 3. The van der Waals surface area contributed by atoms with Crippen LogP contribution in [0.4, 0.5) is 23.0 Å². The summed E-state index contributed by atoms with van der Waals surface area (Å²) in [5.41, 5.74) is 5.44. The molecule has 1 aromatic heterocycles. The average Bonchev–Trinajstić information content (AvgIpc) is 3.12. The molecular formula is C40H51ClN8O3. The standard InChI is InChI=1S/C40H51ClN8O3/c1-7-48(8-2)36(50)26-30-13-18-35(34(41)25-30)52-39-33(38(51)44-37-28(3)11-9-12-29(37)4)27-42-40(45-39)43-31-14-16-32(17-15-31)49-23-21-47(22-24-49)20-10-19-46(5)6/h9,11-18,25,27H,7-8,10,19-24,26H2,1-6H3,(H,44,51)(H,42,43,45). The maximum absolute atomic E-state index is 13.7. The summed E-state index contributed by atoms with van der Waals surface area (Å²) in [6.07, 6.45) is 2.85. The van der Waals surface area contributed by atoms with Crippen LogP contribution in [0.5, 0.6) is 11.6 Å². The van der Waals surface area contributed by atoms with E-state index in [-0.39, 0.29) is 29.7 Å². The number of rotatable bonds is 15. The van der Waals surface area contributed by atoms with E-state index >= 15 is 0 Å². The molecule has 5 rings (SSSR count). The van der Waals surface area contributed by atoms with Crippen molar-refractivity contribution in [3.8, 4) is 11.6 Å². The Balaban J connectivity index is 1.33. The molecule has 2 heterocycles. The molecule has 276 valence electrons. The number of hydrogen-bond donors (Lipinski definition) is 2. The summed E-state index contributed by atoms with van der Waals surface area (Å²) in [6, 6.07) is 19.2. The lowest BCUT2D eigenvalue weighted by Crippen LogP contribution is -2.46. The molecule has 1 aliphatic rings. The Morgan fingerprint density at radius 3 is 2.27 bits per heavy atom. The first-order valence-electron chi connectivity index (χ1n) is 18.0. The first-order valence-corrected chi connectivity index (χ1v) is 18.4. The topological polar surface area (TPSA) is 106 Å². The summed E-state index contributed by atoms with van der Waals surface area (Å²) in [6.45, 7) is 15.4. The van der Waals surface area contributed by atoms with E-state index in [1.807, 2.05) is 58.0 Å². The highest BCUT2D eigenvalue weighted by Crippen LogP contribution is 2.33. The van der Waals surface area contributed by atoms with Crippen LogP contribution in [0.25, 0.3) is 0 Å².